The van der Waals surface area contributed by atoms with Gasteiger partial charge < -0.3 is 10.6 Å². The number of anilines is 1. The average molecular weight is 402 g/mol. The van der Waals surface area contributed by atoms with Gasteiger partial charge in [0.05, 0.1) is 23.6 Å². The Kier molecular flexibility index (Phi) is 5.20. The Morgan fingerprint density at radius 1 is 1.07 bits per heavy atom. The van der Waals surface area contributed by atoms with E-state index >= 15 is 0 Å². The maximum absolute atomic E-state index is 14.5. The number of ketones is 1. The molecule has 150 valence electrons. The number of hydrogen-bond acceptors (Lipinski definition) is 5. The highest BCUT2D eigenvalue weighted by atomic mass is 19.1. The first kappa shape index (κ1) is 19.6. The highest BCUT2D eigenvalue weighted by Crippen LogP contribution is 2.30. The lowest BCUT2D eigenvalue weighted by molar-refractivity contribution is -0.119. The number of fused-ring (bicyclic) bond motifs is 1. The van der Waals surface area contributed by atoms with E-state index in [0.717, 1.165) is 0 Å². The van der Waals surface area contributed by atoms with E-state index in [9.17, 15) is 14.0 Å². The van der Waals surface area contributed by atoms with Crippen LogP contribution in [0.4, 0.5) is 10.1 Å². The fourth-order valence-corrected chi connectivity index (χ4v) is 3.52. The number of aromatic nitrogens is 1. The number of carbonyl (C=O) groups excluding carboxylic acids is 2. The summed E-state index contributed by atoms with van der Waals surface area (Å²) in [6.07, 6.45) is 0.341. The monoisotopic (exact) mass is 402 g/mol. The predicted molar refractivity (Wildman–Crippen MR) is 112 cm³/mol. The molecule has 1 aliphatic rings. The minimum Gasteiger partial charge on any atom is -0.303 e. The molecule has 2 N–H and O–H groups in total. The lowest BCUT2D eigenvalue weighted by Gasteiger charge is -2.24. The van der Waals surface area contributed by atoms with Crippen molar-refractivity contribution < 1.29 is 14.0 Å². The number of nitrogens with zero attached hydrogens (tertiary/aromatic N) is 3. The van der Waals surface area contributed by atoms with Gasteiger partial charge in [0.25, 0.3) is 5.91 Å². The summed E-state index contributed by atoms with van der Waals surface area (Å²) in [5.41, 5.74) is 8.63. The first-order valence-electron chi connectivity index (χ1n) is 9.41. The largest absolute Gasteiger partial charge is 0.303 e. The highest BCUT2D eigenvalue weighted by Gasteiger charge is 2.31. The van der Waals surface area contributed by atoms with Gasteiger partial charge in [-0.25, -0.2) is 4.39 Å². The van der Waals surface area contributed by atoms with Gasteiger partial charge in [0.15, 0.2) is 11.9 Å². The van der Waals surface area contributed by atoms with Gasteiger partial charge in [0.1, 0.15) is 5.82 Å². The van der Waals surface area contributed by atoms with Crippen molar-refractivity contribution in [3.05, 3.63) is 95.1 Å². The van der Waals surface area contributed by atoms with Crippen molar-refractivity contribution in [1.82, 2.24) is 4.98 Å². The van der Waals surface area contributed by atoms with Crippen LogP contribution in [-0.2, 0) is 11.3 Å². The van der Waals surface area contributed by atoms with Crippen LogP contribution in [-0.4, -0.2) is 28.6 Å². The molecule has 1 amide bonds. The number of carbonyl (C=O) groups is 2. The third-order valence-electron chi connectivity index (χ3n) is 4.94. The minimum atomic E-state index is -1.23. The number of pyridine rings is 1. The van der Waals surface area contributed by atoms with Crippen LogP contribution in [0.3, 0.4) is 0 Å². The minimum absolute atomic E-state index is 0.0410. The molecule has 2 heterocycles. The van der Waals surface area contributed by atoms with Crippen LogP contribution in [0, 0.1) is 5.82 Å². The number of halogens is 1. The summed E-state index contributed by atoms with van der Waals surface area (Å²) in [6, 6.07) is 16.6. The molecule has 0 bridgehead atoms. The van der Waals surface area contributed by atoms with E-state index in [0.29, 0.717) is 28.2 Å². The van der Waals surface area contributed by atoms with Crippen molar-refractivity contribution in [2.75, 3.05) is 4.90 Å². The molecule has 4 rings (SSSR count). The van der Waals surface area contributed by atoms with Crippen LogP contribution in [0.5, 0.6) is 0 Å². The summed E-state index contributed by atoms with van der Waals surface area (Å²) in [5.74, 6) is -1.07. The average Bonchev–Trinajstić information content (AvgIpc) is 2.85. The number of hydrogen-bond donors (Lipinski definition) is 1. The Hall–Kier alpha value is -3.71. The maximum atomic E-state index is 14.5. The van der Waals surface area contributed by atoms with Crippen LogP contribution in [0.15, 0.2) is 71.9 Å². The zero-order valence-corrected chi connectivity index (χ0v) is 16.2. The normalized spacial score (nSPS) is 16.0. The molecular weight excluding hydrogens is 383 g/mol. The number of benzodiazepines with no additional fused rings is 1. The lowest BCUT2D eigenvalue weighted by atomic mass is 9.99. The zero-order valence-electron chi connectivity index (χ0n) is 16.2. The first-order chi connectivity index (χ1) is 14.5. The molecule has 2 aromatic carbocycles. The Bertz CT molecular complexity index is 1180. The standard InChI is InChI=1S/C23H19FN4O2/c1-14(29)15-9-6-12-26-19(15)13-28-20-11-5-3-8-17(20)21(27-22(25)23(28)30)16-7-2-4-10-18(16)24/h2-12,22H,13,25H2,1H3. The predicted octanol–water partition coefficient (Wildman–Crippen LogP) is 3.09. The summed E-state index contributed by atoms with van der Waals surface area (Å²) in [6.45, 7) is 1.49. The van der Waals surface area contributed by atoms with E-state index in [-0.39, 0.29) is 17.9 Å². The van der Waals surface area contributed by atoms with Crippen molar-refractivity contribution in [1.29, 1.82) is 0 Å². The van der Waals surface area contributed by atoms with Gasteiger partial charge in [-0.3, -0.25) is 19.6 Å². The quantitative estimate of drug-likeness (QED) is 0.679. The fraction of sp³-hybridized carbons (Fsp3) is 0.130. The van der Waals surface area contributed by atoms with Gasteiger partial charge in [0.2, 0.25) is 0 Å². The van der Waals surface area contributed by atoms with Crippen LogP contribution in [0.25, 0.3) is 0 Å². The van der Waals surface area contributed by atoms with Gasteiger partial charge in [0, 0.05) is 22.9 Å². The molecule has 7 heteroatoms. The molecular formula is C23H19FN4O2. The molecule has 6 nitrogen and oxygen atoms in total. The molecule has 1 atom stereocenters. The van der Waals surface area contributed by atoms with E-state index in [1.807, 2.05) is 0 Å². The van der Waals surface area contributed by atoms with Crippen molar-refractivity contribution >= 4 is 23.1 Å². The molecule has 0 fully saturated rings. The Morgan fingerprint density at radius 2 is 1.77 bits per heavy atom. The number of benzene rings is 2. The van der Waals surface area contributed by atoms with E-state index in [4.69, 9.17) is 5.73 Å². The number of Topliss-reactive ketones (excluding diaryl/α,β-unsaturated/α-hetero) is 1. The second-order valence-corrected chi connectivity index (χ2v) is 6.90. The number of aliphatic imine (C=N–C) groups is 1. The molecule has 0 spiro atoms. The summed E-state index contributed by atoms with van der Waals surface area (Å²) in [7, 11) is 0. The zero-order chi connectivity index (χ0) is 21.3. The summed E-state index contributed by atoms with van der Waals surface area (Å²) < 4.78 is 14.5. The fourth-order valence-electron chi connectivity index (χ4n) is 3.52. The van der Waals surface area contributed by atoms with Crippen LogP contribution in [0.2, 0.25) is 0 Å². The maximum Gasteiger partial charge on any atom is 0.266 e. The summed E-state index contributed by atoms with van der Waals surface area (Å²) in [5, 5.41) is 0. The van der Waals surface area contributed by atoms with Crippen molar-refractivity contribution in [3.8, 4) is 0 Å². The number of para-hydroxylation sites is 1. The summed E-state index contributed by atoms with van der Waals surface area (Å²) in [4.78, 5) is 35.3. The van der Waals surface area contributed by atoms with E-state index < -0.39 is 17.9 Å². The lowest BCUT2D eigenvalue weighted by Crippen LogP contribution is -2.42. The third-order valence-corrected chi connectivity index (χ3v) is 4.94. The molecule has 0 radical (unpaired) electrons. The summed E-state index contributed by atoms with van der Waals surface area (Å²) >= 11 is 0. The molecule has 0 aliphatic carbocycles. The Morgan fingerprint density at radius 3 is 2.50 bits per heavy atom. The van der Waals surface area contributed by atoms with Gasteiger partial charge in [-0.05, 0) is 37.3 Å². The molecule has 0 saturated heterocycles. The Balaban J connectivity index is 1.86. The Labute approximate surface area is 172 Å². The van der Waals surface area contributed by atoms with Crippen molar-refractivity contribution in [2.24, 2.45) is 10.7 Å². The van der Waals surface area contributed by atoms with Crippen molar-refractivity contribution in [2.45, 2.75) is 19.6 Å². The van der Waals surface area contributed by atoms with Crippen LogP contribution < -0.4 is 10.6 Å². The molecule has 1 aromatic heterocycles. The van der Waals surface area contributed by atoms with Gasteiger partial charge in [-0.15, -0.1) is 0 Å². The van der Waals surface area contributed by atoms with Gasteiger partial charge in [-0.1, -0.05) is 30.3 Å². The van der Waals surface area contributed by atoms with Crippen molar-refractivity contribution in [3.63, 3.8) is 0 Å². The number of nitrogens with two attached hydrogens (primary N) is 1. The number of rotatable bonds is 4. The molecule has 1 aliphatic heterocycles. The van der Waals surface area contributed by atoms with Crippen LogP contribution >= 0.6 is 0 Å². The van der Waals surface area contributed by atoms with Gasteiger partial charge >= 0.3 is 0 Å². The second kappa shape index (κ2) is 7.96. The van der Waals surface area contributed by atoms with E-state index in [1.165, 1.54) is 17.9 Å². The van der Waals surface area contributed by atoms with Crippen LogP contribution in [0.1, 0.15) is 34.1 Å². The number of amides is 1. The smallest absolute Gasteiger partial charge is 0.266 e. The highest BCUT2D eigenvalue weighted by molar-refractivity contribution is 6.20. The molecule has 30 heavy (non-hydrogen) atoms. The van der Waals surface area contributed by atoms with E-state index in [1.54, 1.807) is 60.8 Å². The van der Waals surface area contributed by atoms with Gasteiger partial charge in [-0.2, -0.15) is 0 Å². The third kappa shape index (κ3) is 3.51. The molecule has 3 aromatic rings. The van der Waals surface area contributed by atoms with E-state index in [2.05, 4.69) is 9.98 Å². The SMILES string of the molecule is CC(=O)c1cccnc1CN1C(=O)C(N)N=C(c2ccccc2F)c2ccccc21. The topological polar surface area (TPSA) is 88.7 Å². The first-order valence-corrected chi connectivity index (χ1v) is 9.41. The second-order valence-electron chi connectivity index (χ2n) is 6.90. The molecule has 1 unspecified atom stereocenters. The molecule has 0 saturated carbocycles.